The molecule has 1 fully saturated rings. The molecule has 1 saturated heterocycles. The molecule has 5 amide bonds. The number of aryl methyl sites for hydroxylation is 1. The molecule has 1 aliphatic rings. The molecule has 0 radical (unpaired) electrons. The van der Waals surface area contributed by atoms with Gasteiger partial charge in [0.1, 0.15) is 11.3 Å². The van der Waals surface area contributed by atoms with E-state index in [1.807, 2.05) is 25.1 Å². The van der Waals surface area contributed by atoms with Gasteiger partial charge in [-0.25, -0.2) is 9.69 Å². The molecule has 0 bridgehead atoms. The van der Waals surface area contributed by atoms with Crippen LogP contribution in [0.2, 0.25) is 10.0 Å². The third-order valence-corrected chi connectivity index (χ3v) is 5.86. The molecule has 3 aromatic carbocycles. The minimum absolute atomic E-state index is 0.153. The lowest BCUT2D eigenvalue weighted by Crippen LogP contribution is -2.54. The van der Waals surface area contributed by atoms with E-state index in [0.29, 0.717) is 17.0 Å². The van der Waals surface area contributed by atoms with Crippen LogP contribution < -0.4 is 20.3 Å². The number of benzene rings is 3. The molecule has 10 heteroatoms. The Hall–Kier alpha value is -4.14. The molecular formula is C26H19Cl2N3O5. The lowest BCUT2D eigenvalue weighted by atomic mass is 10.1. The van der Waals surface area contributed by atoms with Gasteiger partial charge in [-0.05, 0) is 66.6 Å². The number of carbonyl (C=O) groups excluding carboxylic acids is 4. The molecule has 0 spiro atoms. The number of ether oxygens (including phenoxy) is 1. The Labute approximate surface area is 216 Å². The summed E-state index contributed by atoms with van der Waals surface area (Å²) in [7, 11) is 0. The number of anilines is 2. The molecule has 0 unspecified atom stereocenters. The van der Waals surface area contributed by atoms with Crippen LogP contribution in [0, 0.1) is 6.92 Å². The molecule has 2 N–H and O–H groups in total. The average Bonchev–Trinajstić information content (AvgIpc) is 2.83. The lowest BCUT2D eigenvalue weighted by Gasteiger charge is -2.26. The van der Waals surface area contributed by atoms with E-state index in [4.69, 9.17) is 27.9 Å². The lowest BCUT2D eigenvalue weighted by molar-refractivity contribution is -0.122. The molecule has 1 aliphatic heterocycles. The highest BCUT2D eigenvalue weighted by molar-refractivity contribution is 6.43. The van der Waals surface area contributed by atoms with Crippen molar-refractivity contribution in [2.24, 2.45) is 0 Å². The summed E-state index contributed by atoms with van der Waals surface area (Å²) < 4.78 is 5.51. The third-order valence-electron chi connectivity index (χ3n) is 5.13. The molecule has 1 heterocycles. The minimum Gasteiger partial charge on any atom is -0.484 e. The zero-order valence-electron chi connectivity index (χ0n) is 18.9. The van der Waals surface area contributed by atoms with Gasteiger partial charge in [0.2, 0.25) is 0 Å². The summed E-state index contributed by atoms with van der Waals surface area (Å²) in [5.41, 5.74) is 2.13. The van der Waals surface area contributed by atoms with Crippen LogP contribution in [-0.4, -0.2) is 30.4 Å². The summed E-state index contributed by atoms with van der Waals surface area (Å²) in [6.45, 7) is 1.73. The Balaban J connectivity index is 1.44. The van der Waals surface area contributed by atoms with Crippen molar-refractivity contribution in [2.75, 3.05) is 16.8 Å². The van der Waals surface area contributed by atoms with Gasteiger partial charge >= 0.3 is 6.03 Å². The van der Waals surface area contributed by atoms with Crippen LogP contribution in [0.1, 0.15) is 11.1 Å². The van der Waals surface area contributed by atoms with Crippen molar-refractivity contribution in [1.29, 1.82) is 0 Å². The van der Waals surface area contributed by atoms with Crippen molar-refractivity contribution in [3.8, 4) is 5.75 Å². The quantitative estimate of drug-likeness (QED) is 0.350. The van der Waals surface area contributed by atoms with Crippen LogP contribution in [0.25, 0.3) is 6.08 Å². The van der Waals surface area contributed by atoms with Gasteiger partial charge in [-0.15, -0.1) is 0 Å². The first-order chi connectivity index (χ1) is 17.2. The van der Waals surface area contributed by atoms with Gasteiger partial charge in [-0.2, -0.15) is 0 Å². The van der Waals surface area contributed by atoms with Gasteiger partial charge in [0.25, 0.3) is 17.7 Å². The highest BCUT2D eigenvalue weighted by Gasteiger charge is 2.37. The highest BCUT2D eigenvalue weighted by atomic mass is 35.5. The van der Waals surface area contributed by atoms with Crippen molar-refractivity contribution in [3.63, 3.8) is 0 Å². The van der Waals surface area contributed by atoms with Gasteiger partial charge in [-0.1, -0.05) is 47.5 Å². The number of imide groups is 2. The van der Waals surface area contributed by atoms with Crippen LogP contribution in [0.4, 0.5) is 16.2 Å². The van der Waals surface area contributed by atoms with Gasteiger partial charge in [0, 0.05) is 5.69 Å². The summed E-state index contributed by atoms with van der Waals surface area (Å²) in [5.74, 6) is -1.53. The molecule has 3 aromatic rings. The summed E-state index contributed by atoms with van der Waals surface area (Å²) in [4.78, 5) is 50.6. The van der Waals surface area contributed by atoms with Crippen molar-refractivity contribution >= 4 is 64.4 Å². The second-order valence-electron chi connectivity index (χ2n) is 7.83. The Kier molecular flexibility index (Phi) is 7.38. The molecule has 8 nitrogen and oxygen atoms in total. The number of nitrogens with one attached hydrogen (secondary N) is 2. The van der Waals surface area contributed by atoms with E-state index >= 15 is 0 Å². The molecule has 4 rings (SSSR count). The predicted molar refractivity (Wildman–Crippen MR) is 137 cm³/mol. The summed E-state index contributed by atoms with van der Waals surface area (Å²) >= 11 is 11.9. The largest absolute Gasteiger partial charge is 0.484 e. The first-order valence-electron chi connectivity index (χ1n) is 10.7. The fourth-order valence-electron chi connectivity index (χ4n) is 3.41. The van der Waals surface area contributed by atoms with E-state index in [1.54, 1.807) is 30.3 Å². The van der Waals surface area contributed by atoms with E-state index in [1.165, 1.54) is 24.3 Å². The number of barbiturate groups is 1. The number of rotatable bonds is 6. The van der Waals surface area contributed by atoms with Gasteiger partial charge in [0.15, 0.2) is 6.61 Å². The molecule has 0 aromatic heterocycles. The Bertz CT molecular complexity index is 1400. The van der Waals surface area contributed by atoms with Crippen molar-refractivity contribution < 1.29 is 23.9 Å². The predicted octanol–water partition coefficient (Wildman–Crippen LogP) is 4.99. The number of nitrogens with zero attached hydrogens (tertiary/aromatic N) is 1. The molecule has 0 saturated carbocycles. The first-order valence-corrected chi connectivity index (χ1v) is 11.4. The molecule has 0 aliphatic carbocycles. The van der Waals surface area contributed by atoms with Crippen LogP contribution in [0.15, 0.2) is 72.3 Å². The van der Waals surface area contributed by atoms with E-state index in [0.717, 1.165) is 10.5 Å². The second kappa shape index (κ2) is 10.6. The van der Waals surface area contributed by atoms with Crippen molar-refractivity contribution in [3.05, 3.63) is 93.5 Å². The number of hydrogen-bond acceptors (Lipinski definition) is 5. The van der Waals surface area contributed by atoms with Gasteiger partial charge < -0.3 is 10.1 Å². The number of halogens is 2. The molecule has 182 valence electrons. The fraction of sp³-hybridized carbons (Fsp3) is 0.0769. The fourth-order valence-corrected chi connectivity index (χ4v) is 3.70. The minimum atomic E-state index is -0.895. The number of urea groups is 1. The smallest absolute Gasteiger partial charge is 0.335 e. The summed E-state index contributed by atoms with van der Waals surface area (Å²) in [6.07, 6.45) is 1.35. The number of hydrogen-bond donors (Lipinski definition) is 2. The van der Waals surface area contributed by atoms with Crippen LogP contribution in [-0.2, 0) is 14.4 Å². The Morgan fingerprint density at radius 2 is 1.75 bits per heavy atom. The van der Waals surface area contributed by atoms with E-state index in [2.05, 4.69) is 10.6 Å². The first kappa shape index (κ1) is 25.0. The maximum absolute atomic E-state index is 13.0. The summed E-state index contributed by atoms with van der Waals surface area (Å²) in [5, 5.41) is 5.31. The Morgan fingerprint density at radius 3 is 2.44 bits per heavy atom. The van der Waals surface area contributed by atoms with Crippen LogP contribution >= 0.6 is 23.2 Å². The zero-order valence-corrected chi connectivity index (χ0v) is 20.4. The van der Waals surface area contributed by atoms with Crippen LogP contribution in [0.5, 0.6) is 5.75 Å². The standard InChI is InChI=1S/C26H19Cl2N3O5/c1-15-3-2-4-17(11-15)29-23(32)14-36-19-8-5-16(6-9-19)12-20-24(33)30-26(35)31(25(20)34)18-7-10-21(27)22(28)13-18/h2-13H,14H2,1H3,(H,29,32)(H,30,33,35)/b20-12+. The SMILES string of the molecule is Cc1cccc(NC(=O)COc2ccc(/C=C3\C(=O)NC(=O)N(c4ccc(Cl)c(Cl)c4)C3=O)cc2)c1. The van der Waals surface area contributed by atoms with E-state index < -0.39 is 17.8 Å². The van der Waals surface area contributed by atoms with E-state index in [9.17, 15) is 19.2 Å². The monoisotopic (exact) mass is 523 g/mol. The maximum Gasteiger partial charge on any atom is 0.335 e. The molecular weight excluding hydrogens is 505 g/mol. The van der Waals surface area contributed by atoms with Crippen molar-refractivity contribution in [2.45, 2.75) is 6.92 Å². The topological polar surface area (TPSA) is 105 Å². The van der Waals surface area contributed by atoms with E-state index in [-0.39, 0.29) is 33.8 Å². The number of carbonyl (C=O) groups is 4. The maximum atomic E-state index is 13.0. The van der Waals surface area contributed by atoms with Crippen LogP contribution in [0.3, 0.4) is 0 Å². The zero-order chi connectivity index (χ0) is 25.8. The second-order valence-corrected chi connectivity index (χ2v) is 8.65. The Morgan fingerprint density at radius 1 is 1.00 bits per heavy atom. The van der Waals surface area contributed by atoms with Crippen molar-refractivity contribution in [1.82, 2.24) is 5.32 Å². The number of amides is 5. The highest BCUT2D eigenvalue weighted by Crippen LogP contribution is 2.29. The normalized spacial score (nSPS) is 14.6. The summed E-state index contributed by atoms with van der Waals surface area (Å²) in [6, 6.07) is 17.2. The molecule has 0 atom stereocenters. The molecule has 36 heavy (non-hydrogen) atoms. The third kappa shape index (κ3) is 5.73. The van der Waals surface area contributed by atoms with Gasteiger partial charge in [-0.3, -0.25) is 19.7 Å². The van der Waals surface area contributed by atoms with Gasteiger partial charge in [0.05, 0.1) is 15.7 Å². The average molecular weight is 524 g/mol.